The Morgan fingerprint density at radius 2 is 1.58 bits per heavy atom. The maximum Gasteiger partial charge on any atom is 0.282 e. The lowest BCUT2D eigenvalue weighted by Gasteiger charge is -2.16. The van der Waals surface area contributed by atoms with Gasteiger partial charge >= 0.3 is 0 Å². The Morgan fingerprint density at radius 1 is 0.879 bits per heavy atom. The molecule has 33 heavy (non-hydrogen) atoms. The van der Waals surface area contributed by atoms with Crippen LogP contribution in [0.25, 0.3) is 5.57 Å². The van der Waals surface area contributed by atoms with Crippen LogP contribution in [-0.2, 0) is 16.0 Å². The molecule has 0 bridgehead atoms. The second-order valence-electron chi connectivity index (χ2n) is 7.42. The summed E-state index contributed by atoms with van der Waals surface area (Å²) in [5, 5.41) is 3.50. The molecule has 0 atom stereocenters. The lowest BCUT2D eigenvalue weighted by Crippen LogP contribution is -2.32. The van der Waals surface area contributed by atoms with Crippen molar-refractivity contribution in [1.82, 2.24) is 0 Å². The fourth-order valence-electron chi connectivity index (χ4n) is 3.67. The number of aryl methyl sites for hydroxylation is 1. The third kappa shape index (κ3) is 4.30. The molecule has 2 amide bonds. The van der Waals surface area contributed by atoms with Gasteiger partial charge in [-0.3, -0.25) is 9.59 Å². The molecule has 3 aromatic rings. The van der Waals surface area contributed by atoms with Gasteiger partial charge < -0.3 is 14.8 Å². The van der Waals surface area contributed by atoms with Crippen molar-refractivity contribution in [3.63, 3.8) is 0 Å². The smallest absolute Gasteiger partial charge is 0.282 e. The van der Waals surface area contributed by atoms with Gasteiger partial charge in [-0.15, -0.1) is 0 Å². The molecule has 1 heterocycles. The highest BCUT2D eigenvalue weighted by atomic mass is 35.5. The number of nitrogens with zero attached hydrogens (tertiary/aromatic N) is 1. The molecule has 0 spiro atoms. The fraction of sp³-hybridized carbons (Fsp3) is 0.154. The molecule has 1 N–H and O–H groups in total. The van der Waals surface area contributed by atoms with E-state index in [-0.39, 0.29) is 11.3 Å². The van der Waals surface area contributed by atoms with Gasteiger partial charge in [0.2, 0.25) is 0 Å². The molecular weight excluding hydrogens is 440 g/mol. The van der Waals surface area contributed by atoms with Crippen molar-refractivity contribution >= 4 is 40.4 Å². The summed E-state index contributed by atoms with van der Waals surface area (Å²) in [6.07, 6.45) is 0.864. The number of anilines is 2. The molecule has 1 aliphatic rings. The highest BCUT2D eigenvalue weighted by molar-refractivity contribution is 6.46. The average molecular weight is 463 g/mol. The largest absolute Gasteiger partial charge is 0.497 e. The topological polar surface area (TPSA) is 67.9 Å². The van der Waals surface area contributed by atoms with E-state index in [4.69, 9.17) is 21.1 Å². The zero-order valence-electron chi connectivity index (χ0n) is 18.5. The number of carbonyl (C=O) groups is 2. The van der Waals surface area contributed by atoms with E-state index >= 15 is 0 Å². The summed E-state index contributed by atoms with van der Waals surface area (Å²) in [7, 11) is 3.10. The second-order valence-corrected chi connectivity index (χ2v) is 7.83. The summed E-state index contributed by atoms with van der Waals surface area (Å²) in [5.74, 6) is 0.316. The van der Waals surface area contributed by atoms with E-state index in [2.05, 4.69) is 5.32 Å². The molecule has 6 nitrogen and oxygen atoms in total. The zero-order valence-corrected chi connectivity index (χ0v) is 19.3. The number of methoxy groups -OCH3 is 2. The Kier molecular flexibility index (Phi) is 6.38. The third-order valence-electron chi connectivity index (χ3n) is 5.49. The van der Waals surface area contributed by atoms with Crippen molar-refractivity contribution in [2.45, 2.75) is 13.3 Å². The van der Waals surface area contributed by atoms with E-state index in [9.17, 15) is 9.59 Å². The van der Waals surface area contributed by atoms with E-state index in [1.807, 2.05) is 19.1 Å². The van der Waals surface area contributed by atoms with Crippen LogP contribution in [0.1, 0.15) is 18.1 Å². The van der Waals surface area contributed by atoms with E-state index in [0.29, 0.717) is 33.5 Å². The number of hydrogen-bond acceptors (Lipinski definition) is 5. The molecular formula is C26H23ClN2O4. The van der Waals surface area contributed by atoms with Gasteiger partial charge in [0.05, 0.1) is 30.5 Å². The summed E-state index contributed by atoms with van der Waals surface area (Å²) in [6, 6.07) is 19.5. The van der Waals surface area contributed by atoms with Crippen molar-refractivity contribution < 1.29 is 19.1 Å². The normalized spacial score (nSPS) is 13.5. The van der Waals surface area contributed by atoms with Crippen LogP contribution in [0, 0.1) is 0 Å². The first-order valence-electron chi connectivity index (χ1n) is 10.4. The number of nitrogens with one attached hydrogen (secondary N) is 1. The van der Waals surface area contributed by atoms with Crippen LogP contribution in [0.2, 0.25) is 5.02 Å². The Balaban J connectivity index is 1.78. The molecule has 0 aliphatic carbocycles. The van der Waals surface area contributed by atoms with Crippen LogP contribution in [0.15, 0.2) is 72.4 Å². The van der Waals surface area contributed by atoms with Crippen molar-refractivity contribution in [2.24, 2.45) is 0 Å². The number of imide groups is 1. The Bertz CT molecular complexity index is 1230. The second kappa shape index (κ2) is 9.38. The maximum atomic E-state index is 13.5. The molecule has 0 aromatic heterocycles. The van der Waals surface area contributed by atoms with Gasteiger partial charge in [-0.2, -0.15) is 0 Å². The minimum absolute atomic E-state index is 0.172. The number of ether oxygens (including phenoxy) is 2. The van der Waals surface area contributed by atoms with Crippen LogP contribution >= 0.6 is 11.6 Å². The lowest BCUT2D eigenvalue weighted by molar-refractivity contribution is -0.120. The first-order chi connectivity index (χ1) is 16.0. The number of hydrogen-bond donors (Lipinski definition) is 1. The first kappa shape index (κ1) is 22.4. The van der Waals surface area contributed by atoms with Gasteiger partial charge in [0, 0.05) is 5.69 Å². The van der Waals surface area contributed by atoms with Gasteiger partial charge in [0.1, 0.15) is 17.2 Å². The molecule has 0 saturated heterocycles. The average Bonchev–Trinajstić information content (AvgIpc) is 3.08. The monoisotopic (exact) mass is 462 g/mol. The van der Waals surface area contributed by atoms with Gasteiger partial charge in [-0.1, -0.05) is 42.8 Å². The minimum atomic E-state index is -0.443. The third-order valence-corrected chi connectivity index (χ3v) is 5.78. The molecule has 7 heteroatoms. The van der Waals surface area contributed by atoms with Crippen LogP contribution in [0.4, 0.5) is 11.4 Å². The van der Waals surface area contributed by atoms with Gasteiger partial charge in [-0.05, 0) is 60.0 Å². The SMILES string of the molecule is CCc1ccc(N2C(=O)C(Nc3ccc(OC)c(Cl)c3)=C(c3ccc(OC)cc3)C2=O)cc1. The molecule has 0 radical (unpaired) electrons. The van der Waals surface area contributed by atoms with Crippen LogP contribution in [0.5, 0.6) is 11.5 Å². The van der Waals surface area contributed by atoms with Crippen molar-refractivity contribution in [1.29, 1.82) is 0 Å². The minimum Gasteiger partial charge on any atom is -0.497 e. The van der Waals surface area contributed by atoms with E-state index in [0.717, 1.165) is 12.0 Å². The number of carbonyl (C=O) groups excluding carboxylic acids is 2. The molecule has 0 unspecified atom stereocenters. The van der Waals surface area contributed by atoms with Crippen molar-refractivity contribution in [3.05, 3.63) is 88.6 Å². The summed E-state index contributed by atoms with van der Waals surface area (Å²) in [4.78, 5) is 28.2. The number of benzene rings is 3. The van der Waals surface area contributed by atoms with E-state index < -0.39 is 11.8 Å². The number of rotatable bonds is 7. The van der Waals surface area contributed by atoms with E-state index in [1.165, 1.54) is 12.0 Å². The predicted octanol–water partition coefficient (Wildman–Crippen LogP) is 5.32. The molecule has 1 aliphatic heterocycles. The Hall–Kier alpha value is -3.77. The van der Waals surface area contributed by atoms with Gasteiger partial charge in [0.15, 0.2) is 0 Å². The Labute approximate surface area is 197 Å². The molecule has 3 aromatic carbocycles. The van der Waals surface area contributed by atoms with E-state index in [1.54, 1.807) is 61.7 Å². The summed E-state index contributed by atoms with van der Waals surface area (Å²) < 4.78 is 10.4. The summed E-state index contributed by atoms with van der Waals surface area (Å²) >= 11 is 6.26. The Morgan fingerprint density at radius 3 is 2.15 bits per heavy atom. The van der Waals surface area contributed by atoms with Crippen molar-refractivity contribution in [3.8, 4) is 11.5 Å². The van der Waals surface area contributed by atoms with Crippen LogP contribution in [0.3, 0.4) is 0 Å². The summed E-state index contributed by atoms with van der Waals surface area (Å²) in [6.45, 7) is 2.05. The summed E-state index contributed by atoms with van der Waals surface area (Å²) in [5.41, 5.74) is 3.24. The number of amides is 2. The van der Waals surface area contributed by atoms with Gasteiger partial charge in [0.25, 0.3) is 11.8 Å². The number of halogens is 1. The molecule has 0 fully saturated rings. The zero-order chi connectivity index (χ0) is 23.5. The molecule has 0 saturated carbocycles. The van der Waals surface area contributed by atoms with Crippen molar-refractivity contribution in [2.75, 3.05) is 24.4 Å². The van der Waals surface area contributed by atoms with Gasteiger partial charge in [-0.25, -0.2) is 4.90 Å². The molecule has 4 rings (SSSR count). The van der Waals surface area contributed by atoms with Crippen LogP contribution < -0.4 is 19.7 Å². The van der Waals surface area contributed by atoms with Crippen LogP contribution in [-0.4, -0.2) is 26.0 Å². The first-order valence-corrected chi connectivity index (χ1v) is 10.8. The quantitative estimate of drug-likeness (QED) is 0.481. The highest BCUT2D eigenvalue weighted by Crippen LogP contribution is 2.35. The predicted molar refractivity (Wildman–Crippen MR) is 130 cm³/mol. The lowest BCUT2D eigenvalue weighted by atomic mass is 10.0. The molecule has 168 valence electrons. The maximum absolute atomic E-state index is 13.5. The standard InChI is InChI=1S/C26H23ClN2O4/c1-4-16-5-10-19(11-6-16)29-25(30)23(17-7-12-20(32-2)13-8-17)24(26(29)31)28-18-9-14-22(33-3)21(27)15-18/h5-15,28H,4H2,1-3H3. The highest BCUT2D eigenvalue weighted by Gasteiger charge is 2.40. The fourth-order valence-corrected chi connectivity index (χ4v) is 3.93.